The van der Waals surface area contributed by atoms with Crippen LogP contribution in [0.3, 0.4) is 0 Å². The Morgan fingerprint density at radius 3 is 1.90 bits per heavy atom. The molecule has 0 aliphatic carbocycles. The number of rotatable bonds is 1. The van der Waals surface area contributed by atoms with E-state index in [-0.39, 0.29) is 16.0 Å². The predicted molar refractivity (Wildman–Crippen MR) is 48.1 cm³/mol. The Morgan fingerprint density at radius 2 is 1.70 bits per heavy atom. The lowest BCUT2D eigenvalue weighted by Gasteiger charge is -2.17. The van der Waals surface area contributed by atoms with Crippen LogP contribution in [0.4, 0.5) is 0 Å². The second-order valence-electron chi connectivity index (χ2n) is 2.66. The topological polar surface area (TPSA) is 18.5 Å². The number of alkyl halides is 1. The Kier molecular flexibility index (Phi) is 2.58. The van der Waals surface area contributed by atoms with Gasteiger partial charge in [0.2, 0.25) is 3.79 Å². The van der Waals surface area contributed by atoms with Gasteiger partial charge in [-0.2, -0.15) is 0 Å². The van der Waals surface area contributed by atoms with E-state index in [2.05, 4.69) is 29.5 Å². The summed E-state index contributed by atoms with van der Waals surface area (Å²) in [7, 11) is 0. The molecule has 0 aromatic rings. The van der Waals surface area contributed by atoms with Gasteiger partial charge in [-0.25, -0.2) is 0 Å². The van der Waals surface area contributed by atoms with Crippen molar-refractivity contribution in [3.8, 4) is 0 Å². The molecule has 0 N–H and O–H groups in total. The zero-order valence-electron chi connectivity index (χ0n) is 6.56. The van der Waals surface area contributed by atoms with E-state index in [0.717, 1.165) is 6.42 Å². The van der Waals surface area contributed by atoms with E-state index in [9.17, 15) is 0 Å². The Balaban J connectivity index is 2.55. The molecule has 3 heteroatoms. The smallest absolute Gasteiger partial charge is 0.221 e. The SMILES string of the molecule is CCC1(I)OC(C)C(C)O1. The van der Waals surface area contributed by atoms with Crippen LogP contribution >= 0.6 is 22.6 Å². The van der Waals surface area contributed by atoms with E-state index in [1.54, 1.807) is 0 Å². The highest BCUT2D eigenvalue weighted by Gasteiger charge is 2.39. The minimum absolute atomic E-state index is 0.233. The maximum atomic E-state index is 5.57. The molecule has 1 heterocycles. The molecule has 1 aliphatic heterocycles. The highest BCUT2D eigenvalue weighted by Crippen LogP contribution is 2.36. The largest absolute Gasteiger partial charge is 0.336 e. The summed E-state index contributed by atoms with van der Waals surface area (Å²) < 4.78 is 10.8. The van der Waals surface area contributed by atoms with E-state index >= 15 is 0 Å². The van der Waals surface area contributed by atoms with E-state index in [1.807, 2.05) is 13.8 Å². The van der Waals surface area contributed by atoms with Crippen molar-refractivity contribution in [2.45, 2.75) is 43.2 Å². The van der Waals surface area contributed by atoms with Crippen LogP contribution in [0.2, 0.25) is 0 Å². The van der Waals surface area contributed by atoms with Gasteiger partial charge in [-0.3, -0.25) is 0 Å². The molecule has 60 valence electrons. The Labute approximate surface area is 75.4 Å². The van der Waals surface area contributed by atoms with Crippen molar-refractivity contribution >= 4 is 22.6 Å². The average Bonchev–Trinajstić information content (AvgIpc) is 2.10. The third kappa shape index (κ3) is 1.62. The summed E-state index contributed by atoms with van der Waals surface area (Å²) in [6.45, 7) is 6.15. The first kappa shape index (κ1) is 8.74. The van der Waals surface area contributed by atoms with Crippen molar-refractivity contribution in [2.24, 2.45) is 0 Å². The van der Waals surface area contributed by atoms with Crippen LogP contribution < -0.4 is 0 Å². The van der Waals surface area contributed by atoms with Gasteiger partial charge in [0.15, 0.2) is 0 Å². The highest BCUT2D eigenvalue weighted by atomic mass is 127. The minimum atomic E-state index is -0.351. The third-order valence-corrected chi connectivity index (χ3v) is 3.08. The molecule has 0 saturated carbocycles. The molecule has 0 bridgehead atoms. The molecule has 0 aromatic carbocycles. The summed E-state index contributed by atoms with van der Waals surface area (Å²) in [5.74, 6) is 0. The Morgan fingerprint density at radius 1 is 1.30 bits per heavy atom. The summed E-state index contributed by atoms with van der Waals surface area (Å²) >= 11 is 2.22. The highest BCUT2D eigenvalue weighted by molar-refractivity contribution is 14.1. The Hall–Kier alpha value is 0.650. The molecular weight excluding hydrogens is 243 g/mol. The molecular formula is C7H13IO2. The van der Waals surface area contributed by atoms with Crippen LogP contribution in [-0.4, -0.2) is 16.0 Å². The zero-order valence-corrected chi connectivity index (χ0v) is 8.71. The molecule has 2 nitrogen and oxygen atoms in total. The molecule has 1 saturated heterocycles. The molecule has 0 amide bonds. The van der Waals surface area contributed by atoms with Gasteiger partial charge in [0.25, 0.3) is 0 Å². The number of ether oxygens (including phenoxy) is 2. The second-order valence-corrected chi connectivity index (χ2v) is 4.30. The van der Waals surface area contributed by atoms with Gasteiger partial charge in [0, 0.05) is 6.42 Å². The van der Waals surface area contributed by atoms with Gasteiger partial charge in [0.05, 0.1) is 12.2 Å². The Bertz CT molecular complexity index is 117. The molecule has 10 heavy (non-hydrogen) atoms. The van der Waals surface area contributed by atoms with Gasteiger partial charge in [-0.1, -0.05) is 6.92 Å². The van der Waals surface area contributed by atoms with Crippen LogP contribution in [0.25, 0.3) is 0 Å². The average molecular weight is 256 g/mol. The minimum Gasteiger partial charge on any atom is -0.336 e. The first-order valence-electron chi connectivity index (χ1n) is 3.62. The van der Waals surface area contributed by atoms with E-state index < -0.39 is 0 Å². The number of halogens is 1. The number of hydrogen-bond acceptors (Lipinski definition) is 2. The van der Waals surface area contributed by atoms with Crippen molar-refractivity contribution in [3.05, 3.63) is 0 Å². The van der Waals surface area contributed by atoms with Crippen LogP contribution in [0.1, 0.15) is 27.2 Å². The lowest BCUT2D eigenvalue weighted by atomic mass is 10.3. The predicted octanol–water partition coefficient (Wildman–Crippen LogP) is 2.31. The van der Waals surface area contributed by atoms with Crippen molar-refractivity contribution in [1.29, 1.82) is 0 Å². The van der Waals surface area contributed by atoms with Crippen molar-refractivity contribution in [1.82, 2.24) is 0 Å². The fourth-order valence-electron chi connectivity index (χ4n) is 0.941. The molecule has 0 aromatic heterocycles. The second kappa shape index (κ2) is 2.95. The lowest BCUT2D eigenvalue weighted by Crippen LogP contribution is -2.20. The van der Waals surface area contributed by atoms with Crippen molar-refractivity contribution in [3.63, 3.8) is 0 Å². The molecule has 1 rings (SSSR count). The molecule has 2 atom stereocenters. The van der Waals surface area contributed by atoms with Crippen molar-refractivity contribution in [2.75, 3.05) is 0 Å². The van der Waals surface area contributed by atoms with Crippen LogP contribution in [0.5, 0.6) is 0 Å². The summed E-state index contributed by atoms with van der Waals surface area (Å²) in [5.41, 5.74) is 0. The van der Waals surface area contributed by atoms with E-state index in [4.69, 9.17) is 9.47 Å². The first-order valence-corrected chi connectivity index (χ1v) is 4.70. The molecule has 2 unspecified atom stereocenters. The standard InChI is InChI=1S/C7H13IO2/c1-4-7(8)9-5(2)6(3)10-7/h5-6H,4H2,1-3H3. The molecule has 1 fully saturated rings. The zero-order chi connectivity index (χ0) is 7.78. The van der Waals surface area contributed by atoms with Gasteiger partial charge in [-0.15, -0.1) is 0 Å². The first-order chi connectivity index (χ1) is 4.57. The van der Waals surface area contributed by atoms with Gasteiger partial charge < -0.3 is 9.47 Å². The van der Waals surface area contributed by atoms with Crippen molar-refractivity contribution < 1.29 is 9.47 Å². The maximum Gasteiger partial charge on any atom is 0.221 e. The fourth-order valence-corrected chi connectivity index (χ4v) is 1.74. The van der Waals surface area contributed by atoms with Crippen LogP contribution in [-0.2, 0) is 9.47 Å². The fraction of sp³-hybridized carbons (Fsp3) is 1.00. The van der Waals surface area contributed by atoms with E-state index in [0.29, 0.717) is 0 Å². The van der Waals surface area contributed by atoms with Crippen LogP contribution in [0.15, 0.2) is 0 Å². The van der Waals surface area contributed by atoms with Gasteiger partial charge in [0.1, 0.15) is 0 Å². The summed E-state index contributed by atoms with van der Waals surface area (Å²) in [5, 5.41) is 0. The van der Waals surface area contributed by atoms with E-state index in [1.165, 1.54) is 0 Å². The molecule has 1 aliphatic rings. The summed E-state index contributed by atoms with van der Waals surface area (Å²) in [6.07, 6.45) is 1.37. The third-order valence-electron chi connectivity index (χ3n) is 1.81. The monoisotopic (exact) mass is 256 g/mol. The molecule has 0 spiro atoms. The lowest BCUT2D eigenvalue weighted by molar-refractivity contribution is -0.0804. The maximum absolute atomic E-state index is 5.57. The van der Waals surface area contributed by atoms with Gasteiger partial charge >= 0.3 is 0 Å². The quantitative estimate of drug-likeness (QED) is 0.529. The summed E-state index contributed by atoms with van der Waals surface area (Å²) in [4.78, 5) is 0. The normalized spacial score (nSPS) is 48.0. The number of hydrogen-bond donors (Lipinski definition) is 0. The van der Waals surface area contributed by atoms with Gasteiger partial charge in [-0.05, 0) is 36.4 Å². The molecule has 0 radical (unpaired) electrons. The summed E-state index contributed by atoms with van der Waals surface area (Å²) in [6, 6.07) is 0. The van der Waals surface area contributed by atoms with Crippen LogP contribution in [0, 0.1) is 0 Å².